The van der Waals surface area contributed by atoms with Crippen LogP contribution in [0.1, 0.15) is 95.0 Å². The number of hydrogen-bond acceptors (Lipinski definition) is 1. The Morgan fingerprint density at radius 3 is 2.19 bits per heavy atom. The number of alkyl halides is 1. The number of benzene rings is 1. The van der Waals surface area contributed by atoms with Crippen molar-refractivity contribution in [3.05, 3.63) is 34.4 Å². The molecule has 21 heavy (non-hydrogen) atoms. The van der Waals surface area contributed by atoms with Crippen molar-refractivity contribution in [1.29, 1.82) is 0 Å². The van der Waals surface area contributed by atoms with Gasteiger partial charge >= 0.3 is 0 Å². The van der Waals surface area contributed by atoms with Gasteiger partial charge in [0, 0.05) is 11.1 Å². The van der Waals surface area contributed by atoms with Gasteiger partial charge in [0.2, 0.25) is 0 Å². The highest BCUT2D eigenvalue weighted by Gasteiger charge is 2.40. The molecule has 0 spiro atoms. The molecule has 1 unspecified atom stereocenters. The van der Waals surface area contributed by atoms with Gasteiger partial charge in [0.05, 0.1) is 0 Å². The minimum Gasteiger partial charge on any atom is -0.294 e. The Kier molecular flexibility index (Phi) is 5.02. The first-order chi connectivity index (χ1) is 9.54. The molecule has 1 aliphatic carbocycles. The molecule has 1 aromatic rings. The van der Waals surface area contributed by atoms with Crippen molar-refractivity contribution in [2.45, 2.75) is 78.8 Å². The Morgan fingerprint density at radius 2 is 1.76 bits per heavy atom. The van der Waals surface area contributed by atoms with Gasteiger partial charge in [-0.05, 0) is 41.4 Å². The highest BCUT2D eigenvalue weighted by molar-refractivity contribution is 5.96. The molecule has 1 atom stereocenters. The molecule has 0 aromatic heterocycles. The van der Waals surface area contributed by atoms with Crippen LogP contribution < -0.4 is 0 Å². The average Bonchev–Trinajstić information content (AvgIpc) is 2.60. The van der Waals surface area contributed by atoms with Crippen LogP contribution in [0.15, 0.2) is 12.1 Å². The van der Waals surface area contributed by atoms with E-state index in [0.717, 1.165) is 11.1 Å². The molecule has 0 amide bonds. The van der Waals surface area contributed by atoms with Crippen molar-refractivity contribution in [1.82, 2.24) is 0 Å². The lowest BCUT2D eigenvalue weighted by atomic mass is 9.79. The Morgan fingerprint density at radius 1 is 1.24 bits per heavy atom. The topological polar surface area (TPSA) is 17.1 Å². The monoisotopic (exact) mass is 292 g/mol. The highest BCUT2D eigenvalue weighted by atomic mass is 19.1. The van der Waals surface area contributed by atoms with Crippen LogP contribution in [-0.4, -0.2) is 5.78 Å². The number of fused-ring (bicyclic) bond motifs is 1. The van der Waals surface area contributed by atoms with Crippen molar-refractivity contribution in [2.75, 3.05) is 0 Å². The summed E-state index contributed by atoms with van der Waals surface area (Å²) >= 11 is 0. The van der Waals surface area contributed by atoms with E-state index in [1.165, 1.54) is 6.92 Å². The summed E-state index contributed by atoms with van der Waals surface area (Å²) in [4.78, 5) is 11.9. The van der Waals surface area contributed by atoms with E-state index in [1.54, 1.807) is 0 Å². The Balaban J connectivity index is 0.00000106. The van der Waals surface area contributed by atoms with Gasteiger partial charge in [0.15, 0.2) is 5.78 Å². The number of halogens is 1. The van der Waals surface area contributed by atoms with Crippen LogP contribution >= 0.6 is 0 Å². The zero-order chi connectivity index (χ0) is 16.6. The van der Waals surface area contributed by atoms with Gasteiger partial charge in [-0.15, -0.1) is 0 Å². The molecular formula is C19H29FO. The molecule has 0 saturated carbocycles. The Labute approximate surface area is 129 Å². The number of hydrogen-bond donors (Lipinski definition) is 0. The van der Waals surface area contributed by atoms with Crippen LogP contribution in [0.25, 0.3) is 0 Å². The van der Waals surface area contributed by atoms with E-state index in [0.29, 0.717) is 17.5 Å². The zero-order valence-corrected chi connectivity index (χ0v) is 14.7. The third kappa shape index (κ3) is 3.36. The largest absolute Gasteiger partial charge is 0.294 e. The molecule has 0 heterocycles. The van der Waals surface area contributed by atoms with E-state index in [1.807, 2.05) is 19.9 Å². The summed E-state index contributed by atoms with van der Waals surface area (Å²) in [6.45, 7) is 16.0. The molecule has 1 nitrogen and oxygen atoms in total. The second kappa shape index (κ2) is 5.90. The molecule has 118 valence electrons. The maximum absolute atomic E-state index is 14.3. The molecule has 2 rings (SSSR count). The molecule has 0 aliphatic heterocycles. The molecule has 0 saturated heterocycles. The van der Waals surface area contributed by atoms with Crippen LogP contribution in [0.3, 0.4) is 0 Å². The zero-order valence-electron chi connectivity index (χ0n) is 14.7. The van der Waals surface area contributed by atoms with E-state index in [4.69, 9.17) is 0 Å². The normalized spacial score (nSPS) is 19.6. The molecule has 2 heteroatoms. The summed E-state index contributed by atoms with van der Waals surface area (Å²) in [7, 11) is 0. The van der Waals surface area contributed by atoms with Gasteiger partial charge in [-0.3, -0.25) is 4.79 Å². The lowest BCUT2D eigenvalue weighted by Crippen LogP contribution is -2.17. The molecule has 0 N–H and O–H groups in total. The summed E-state index contributed by atoms with van der Waals surface area (Å²) in [5.74, 6) is -0.0392. The van der Waals surface area contributed by atoms with Gasteiger partial charge in [-0.1, -0.05) is 54.5 Å². The molecular weight excluding hydrogens is 263 g/mol. The Hall–Kier alpha value is -1.18. The van der Waals surface area contributed by atoms with Crippen molar-refractivity contribution in [2.24, 2.45) is 0 Å². The van der Waals surface area contributed by atoms with Crippen molar-refractivity contribution in [3.8, 4) is 0 Å². The first kappa shape index (κ1) is 17.9. The third-order valence-electron chi connectivity index (χ3n) is 4.16. The van der Waals surface area contributed by atoms with E-state index in [-0.39, 0.29) is 16.6 Å². The maximum Gasteiger partial charge on any atom is 0.160 e. The van der Waals surface area contributed by atoms with Gasteiger partial charge in [-0.2, -0.15) is 0 Å². The second-order valence-electron chi connectivity index (χ2n) is 7.35. The second-order valence-corrected chi connectivity index (χ2v) is 7.35. The predicted molar refractivity (Wildman–Crippen MR) is 88.0 cm³/mol. The number of ketones is 1. The lowest BCUT2D eigenvalue weighted by molar-refractivity contribution is 0.101. The third-order valence-corrected chi connectivity index (χ3v) is 4.16. The fraction of sp³-hybridized carbons (Fsp3) is 0.632. The average molecular weight is 292 g/mol. The van der Waals surface area contributed by atoms with Crippen LogP contribution in [0.4, 0.5) is 4.39 Å². The molecule has 1 aliphatic rings. The SMILES string of the molecule is CC.CC(=O)c1cc(C(C)(C)C)cc2c1C(F)CC2(C)C. The maximum atomic E-state index is 14.3. The summed E-state index contributed by atoms with van der Waals surface area (Å²) in [5, 5.41) is 0. The van der Waals surface area contributed by atoms with Crippen LogP contribution in [0.2, 0.25) is 0 Å². The first-order valence-corrected chi connectivity index (χ1v) is 7.88. The van der Waals surface area contributed by atoms with E-state index in [2.05, 4.69) is 40.7 Å². The fourth-order valence-corrected chi connectivity index (χ4v) is 2.93. The molecule has 1 aromatic carbocycles. The highest BCUT2D eigenvalue weighted by Crippen LogP contribution is 2.49. The predicted octanol–water partition coefficient (Wildman–Crippen LogP) is 5.90. The fourth-order valence-electron chi connectivity index (χ4n) is 2.93. The Bertz CT molecular complexity index is 535. The standard InChI is InChI=1S/C17H23FO.C2H6/c1-10(19)12-7-11(16(2,3)4)8-13-15(12)14(18)9-17(13,5)6;1-2/h7-8,14H,9H2,1-6H3;1-2H3. The molecule has 0 radical (unpaired) electrons. The van der Waals surface area contributed by atoms with Gasteiger partial charge < -0.3 is 0 Å². The summed E-state index contributed by atoms with van der Waals surface area (Å²) in [6, 6.07) is 3.98. The van der Waals surface area contributed by atoms with E-state index >= 15 is 0 Å². The van der Waals surface area contributed by atoms with Crippen molar-refractivity contribution < 1.29 is 9.18 Å². The molecule has 0 fully saturated rings. The van der Waals surface area contributed by atoms with E-state index < -0.39 is 6.17 Å². The van der Waals surface area contributed by atoms with E-state index in [9.17, 15) is 9.18 Å². The van der Waals surface area contributed by atoms with Crippen molar-refractivity contribution in [3.63, 3.8) is 0 Å². The summed E-state index contributed by atoms with van der Waals surface area (Å²) in [6.07, 6.45) is -0.547. The quantitative estimate of drug-likeness (QED) is 0.588. The summed E-state index contributed by atoms with van der Waals surface area (Å²) < 4.78 is 14.3. The number of carbonyl (C=O) groups is 1. The molecule has 0 bridgehead atoms. The minimum absolute atomic E-state index is 0.0380. The van der Waals surface area contributed by atoms with Gasteiger partial charge in [0.1, 0.15) is 6.17 Å². The van der Waals surface area contributed by atoms with Crippen LogP contribution in [0, 0.1) is 0 Å². The van der Waals surface area contributed by atoms with Crippen molar-refractivity contribution >= 4 is 5.78 Å². The lowest BCUT2D eigenvalue weighted by Gasteiger charge is -2.25. The van der Waals surface area contributed by atoms with Gasteiger partial charge in [0.25, 0.3) is 0 Å². The number of rotatable bonds is 1. The first-order valence-electron chi connectivity index (χ1n) is 7.88. The number of Topliss-reactive ketones (excluding diaryl/α,β-unsaturated/α-hetero) is 1. The smallest absolute Gasteiger partial charge is 0.160 e. The minimum atomic E-state index is -1.02. The van der Waals surface area contributed by atoms with Gasteiger partial charge in [-0.25, -0.2) is 4.39 Å². The summed E-state index contributed by atoms with van der Waals surface area (Å²) in [5.41, 5.74) is 3.09. The van der Waals surface area contributed by atoms with Crippen LogP contribution in [-0.2, 0) is 10.8 Å². The number of carbonyl (C=O) groups excluding carboxylic acids is 1. The van der Waals surface area contributed by atoms with Crippen LogP contribution in [0.5, 0.6) is 0 Å².